The molecule has 2 atom stereocenters. The van der Waals surface area contributed by atoms with Gasteiger partial charge < -0.3 is 26.0 Å². The van der Waals surface area contributed by atoms with Crippen LogP contribution in [0.2, 0.25) is 5.02 Å². The quantitative estimate of drug-likeness (QED) is 0.488. The molecule has 1 aromatic rings. The molecule has 0 saturated carbocycles. The van der Waals surface area contributed by atoms with Gasteiger partial charge in [0.15, 0.2) is 0 Å². The Labute approximate surface area is 169 Å². The summed E-state index contributed by atoms with van der Waals surface area (Å²) in [6.07, 6.45) is 6.11. The number of carbonyl (C=O) groups is 1. The van der Waals surface area contributed by atoms with E-state index in [2.05, 4.69) is 26.5 Å². The first-order chi connectivity index (χ1) is 13.7. The van der Waals surface area contributed by atoms with E-state index in [1.165, 1.54) is 0 Å². The van der Waals surface area contributed by atoms with E-state index in [1.807, 2.05) is 36.5 Å². The van der Waals surface area contributed by atoms with Crippen molar-refractivity contribution in [2.24, 2.45) is 5.73 Å². The number of nitrogens with one attached hydrogen (secondary N) is 2. The Kier molecular flexibility index (Phi) is 5.68. The zero-order valence-electron chi connectivity index (χ0n) is 15.5. The molecule has 7 nitrogen and oxygen atoms in total. The van der Waals surface area contributed by atoms with Crippen molar-refractivity contribution in [3.63, 3.8) is 0 Å². The van der Waals surface area contributed by atoms with E-state index in [0.717, 1.165) is 55.4 Å². The number of carbonyl (C=O) groups excluding carboxylic acids is 1. The number of hydrogen-bond donors (Lipinski definition) is 3. The van der Waals surface area contributed by atoms with Gasteiger partial charge in [0.25, 0.3) is 0 Å². The molecule has 1 fully saturated rings. The second-order valence-corrected chi connectivity index (χ2v) is 7.40. The lowest BCUT2D eigenvalue weighted by Crippen LogP contribution is -2.43. The monoisotopic (exact) mass is 401 g/mol. The van der Waals surface area contributed by atoms with Gasteiger partial charge in [-0.05, 0) is 23.8 Å². The average molecular weight is 402 g/mol. The largest absolute Gasteiger partial charge is 0.379 e. The van der Waals surface area contributed by atoms with E-state index in [4.69, 9.17) is 22.1 Å². The highest BCUT2D eigenvalue weighted by molar-refractivity contribution is 6.30. The van der Waals surface area contributed by atoms with Crippen LogP contribution in [0.15, 0.2) is 53.9 Å². The van der Waals surface area contributed by atoms with Gasteiger partial charge in [-0.1, -0.05) is 29.8 Å². The zero-order chi connectivity index (χ0) is 19.5. The molecule has 3 aliphatic heterocycles. The standard InChI is InChI=1S/C20H24ClN5O2/c21-16-4-1-14(2-5-16)19-17(12-25-7-9-28-10-8-25)26-11-15(20(22)23-13-27)3-6-18(26)24-19/h1-6,11,13,18,20,24H,7-10,12,22H2,(H,23,27). The molecular formula is C20H24ClN5O2. The SMILES string of the molecule is NC(NC=O)C1=CN2C(CN3CCOCC3)=C(c3ccc(Cl)cc3)NC2C=C1. The molecular weight excluding hydrogens is 378 g/mol. The molecule has 1 amide bonds. The summed E-state index contributed by atoms with van der Waals surface area (Å²) in [5.74, 6) is 0. The van der Waals surface area contributed by atoms with Crippen LogP contribution in [-0.2, 0) is 9.53 Å². The second kappa shape index (κ2) is 8.36. The topological polar surface area (TPSA) is 82.9 Å². The predicted octanol–water partition coefficient (Wildman–Crippen LogP) is 1.06. The fourth-order valence-corrected chi connectivity index (χ4v) is 3.78. The van der Waals surface area contributed by atoms with Gasteiger partial charge in [-0.2, -0.15) is 0 Å². The van der Waals surface area contributed by atoms with E-state index in [9.17, 15) is 4.79 Å². The second-order valence-electron chi connectivity index (χ2n) is 6.96. The third-order valence-electron chi connectivity index (χ3n) is 5.17. The van der Waals surface area contributed by atoms with Gasteiger partial charge in [-0.25, -0.2) is 0 Å². The molecule has 1 saturated heterocycles. The molecule has 8 heteroatoms. The Morgan fingerprint density at radius 1 is 1.32 bits per heavy atom. The van der Waals surface area contributed by atoms with E-state index in [0.29, 0.717) is 11.4 Å². The van der Waals surface area contributed by atoms with Gasteiger partial charge in [-0.3, -0.25) is 9.69 Å². The van der Waals surface area contributed by atoms with Crippen LogP contribution in [0, 0.1) is 0 Å². The molecule has 0 bridgehead atoms. The minimum Gasteiger partial charge on any atom is -0.379 e. The van der Waals surface area contributed by atoms with Crippen molar-refractivity contribution in [1.29, 1.82) is 0 Å². The van der Waals surface area contributed by atoms with Crippen molar-refractivity contribution in [3.8, 4) is 0 Å². The smallest absolute Gasteiger partial charge is 0.208 e. The zero-order valence-corrected chi connectivity index (χ0v) is 16.2. The summed E-state index contributed by atoms with van der Waals surface area (Å²) in [6.45, 7) is 4.08. The van der Waals surface area contributed by atoms with Gasteiger partial charge in [0.2, 0.25) is 6.41 Å². The third-order valence-corrected chi connectivity index (χ3v) is 5.42. The fourth-order valence-electron chi connectivity index (χ4n) is 3.65. The summed E-state index contributed by atoms with van der Waals surface area (Å²) in [5.41, 5.74) is 10.2. The number of ether oxygens (including phenoxy) is 1. The van der Waals surface area contributed by atoms with Crippen LogP contribution in [0.5, 0.6) is 0 Å². The van der Waals surface area contributed by atoms with Gasteiger partial charge >= 0.3 is 0 Å². The summed E-state index contributed by atoms with van der Waals surface area (Å²) in [4.78, 5) is 15.3. The minimum atomic E-state index is -0.543. The molecule has 0 aliphatic carbocycles. The number of amides is 1. The van der Waals surface area contributed by atoms with Crippen molar-refractivity contribution in [3.05, 3.63) is 64.5 Å². The number of hydrogen-bond acceptors (Lipinski definition) is 6. The predicted molar refractivity (Wildman–Crippen MR) is 109 cm³/mol. The van der Waals surface area contributed by atoms with Gasteiger partial charge in [0.1, 0.15) is 12.3 Å². The first-order valence-corrected chi connectivity index (χ1v) is 9.73. The maximum atomic E-state index is 10.8. The highest BCUT2D eigenvalue weighted by Crippen LogP contribution is 2.32. The summed E-state index contributed by atoms with van der Waals surface area (Å²) < 4.78 is 5.49. The number of nitrogens with zero attached hydrogens (tertiary/aromatic N) is 2. The molecule has 28 heavy (non-hydrogen) atoms. The van der Waals surface area contributed by atoms with Gasteiger partial charge in [0.05, 0.1) is 24.6 Å². The Morgan fingerprint density at radius 2 is 2.07 bits per heavy atom. The van der Waals surface area contributed by atoms with Crippen molar-refractivity contribution in [1.82, 2.24) is 20.4 Å². The highest BCUT2D eigenvalue weighted by atomic mass is 35.5. The van der Waals surface area contributed by atoms with Crippen LogP contribution < -0.4 is 16.4 Å². The first-order valence-electron chi connectivity index (χ1n) is 9.35. The van der Waals surface area contributed by atoms with E-state index in [1.54, 1.807) is 0 Å². The number of halogens is 1. The van der Waals surface area contributed by atoms with Crippen molar-refractivity contribution < 1.29 is 9.53 Å². The fraction of sp³-hybridized carbons (Fsp3) is 0.350. The maximum absolute atomic E-state index is 10.8. The van der Waals surface area contributed by atoms with E-state index >= 15 is 0 Å². The molecule has 4 rings (SSSR count). The lowest BCUT2D eigenvalue weighted by molar-refractivity contribution is -0.109. The molecule has 0 aromatic heterocycles. The highest BCUT2D eigenvalue weighted by Gasteiger charge is 2.33. The van der Waals surface area contributed by atoms with Crippen LogP contribution >= 0.6 is 11.6 Å². The summed E-state index contributed by atoms with van der Waals surface area (Å²) in [5, 5.41) is 6.93. The van der Waals surface area contributed by atoms with Crippen LogP contribution in [0.3, 0.4) is 0 Å². The van der Waals surface area contributed by atoms with Gasteiger partial charge in [0, 0.05) is 36.4 Å². The van der Waals surface area contributed by atoms with Crippen LogP contribution in [-0.4, -0.2) is 61.4 Å². The molecule has 148 valence electrons. The molecule has 3 aliphatic rings. The van der Waals surface area contributed by atoms with Crippen molar-refractivity contribution >= 4 is 23.7 Å². The van der Waals surface area contributed by atoms with Crippen LogP contribution in [0.25, 0.3) is 5.70 Å². The van der Waals surface area contributed by atoms with E-state index in [-0.39, 0.29) is 6.17 Å². The molecule has 2 unspecified atom stereocenters. The molecule has 0 spiro atoms. The minimum absolute atomic E-state index is 0.00824. The van der Waals surface area contributed by atoms with Gasteiger partial charge in [-0.15, -0.1) is 0 Å². The number of fused-ring (bicyclic) bond motifs is 1. The van der Waals surface area contributed by atoms with E-state index < -0.39 is 6.17 Å². The number of benzene rings is 1. The Bertz CT molecular complexity index is 814. The lowest BCUT2D eigenvalue weighted by atomic mass is 10.1. The van der Waals surface area contributed by atoms with Crippen LogP contribution in [0.4, 0.5) is 0 Å². The Morgan fingerprint density at radius 3 is 2.79 bits per heavy atom. The summed E-state index contributed by atoms with van der Waals surface area (Å²) in [6, 6.07) is 7.85. The lowest BCUT2D eigenvalue weighted by Gasteiger charge is -2.32. The summed E-state index contributed by atoms with van der Waals surface area (Å²) >= 11 is 6.08. The normalized spacial score (nSPS) is 23.1. The first kappa shape index (κ1) is 19.0. The third kappa shape index (κ3) is 3.93. The maximum Gasteiger partial charge on any atom is 0.208 e. The average Bonchev–Trinajstić information content (AvgIpc) is 3.07. The molecule has 4 N–H and O–H groups in total. The molecule has 0 radical (unpaired) electrons. The Balaban J connectivity index is 1.68. The number of rotatable bonds is 6. The number of morpholine rings is 1. The Hall–Kier alpha value is -2.32. The number of nitrogens with two attached hydrogens (primary N) is 1. The summed E-state index contributed by atoms with van der Waals surface area (Å²) in [7, 11) is 0. The molecule has 3 heterocycles. The van der Waals surface area contributed by atoms with Crippen molar-refractivity contribution in [2.45, 2.75) is 12.3 Å². The van der Waals surface area contributed by atoms with Crippen LogP contribution in [0.1, 0.15) is 5.56 Å². The van der Waals surface area contributed by atoms with Crippen molar-refractivity contribution in [2.75, 3.05) is 32.8 Å². The molecule has 1 aromatic carbocycles.